The van der Waals surface area contributed by atoms with Gasteiger partial charge >= 0.3 is 0 Å². The van der Waals surface area contributed by atoms with Crippen LogP contribution in [0.15, 0.2) is 47.6 Å². The molecule has 6 nitrogen and oxygen atoms in total. The highest BCUT2D eigenvalue weighted by molar-refractivity contribution is 7.89. The summed E-state index contributed by atoms with van der Waals surface area (Å²) in [5, 5.41) is 0.513. The molecular weight excluding hydrogens is 393 g/mol. The van der Waals surface area contributed by atoms with E-state index >= 15 is 0 Å². The fourth-order valence-electron chi connectivity index (χ4n) is 3.27. The third kappa shape index (κ3) is 3.18. The van der Waals surface area contributed by atoms with Crippen LogP contribution in [0.5, 0.6) is 0 Å². The minimum atomic E-state index is -4.31. The Kier molecular flexibility index (Phi) is 4.68. The predicted octanol–water partition coefficient (Wildman–Crippen LogP) is 2.56. The average molecular weight is 408 g/mol. The number of anilines is 1. The topological polar surface area (TPSA) is 66.4 Å². The summed E-state index contributed by atoms with van der Waals surface area (Å²) >= 11 is 0. The van der Waals surface area contributed by atoms with E-state index in [0.717, 1.165) is 22.5 Å². The quantitative estimate of drug-likeness (QED) is 0.667. The van der Waals surface area contributed by atoms with Crippen molar-refractivity contribution in [1.82, 2.24) is 14.3 Å². The van der Waals surface area contributed by atoms with E-state index in [2.05, 4.69) is 9.97 Å². The molecule has 1 aliphatic rings. The summed E-state index contributed by atoms with van der Waals surface area (Å²) in [5.74, 6) is -2.20. The number of aromatic nitrogens is 2. The molecule has 146 valence electrons. The molecule has 0 unspecified atom stereocenters. The Balaban J connectivity index is 1.60. The van der Waals surface area contributed by atoms with Crippen molar-refractivity contribution in [3.05, 3.63) is 60.2 Å². The van der Waals surface area contributed by atoms with Crippen LogP contribution in [-0.2, 0) is 10.0 Å². The molecule has 28 heavy (non-hydrogen) atoms. The lowest BCUT2D eigenvalue weighted by Gasteiger charge is -2.35. The van der Waals surface area contributed by atoms with Crippen LogP contribution >= 0.6 is 0 Å². The second-order valence-electron chi connectivity index (χ2n) is 6.30. The maximum absolute atomic E-state index is 13.9. The van der Waals surface area contributed by atoms with Crippen molar-refractivity contribution in [1.29, 1.82) is 0 Å². The Bertz CT molecular complexity index is 1130. The van der Waals surface area contributed by atoms with Crippen molar-refractivity contribution in [2.45, 2.75) is 4.90 Å². The van der Waals surface area contributed by atoms with Crippen LogP contribution in [0.1, 0.15) is 0 Å². The van der Waals surface area contributed by atoms with Gasteiger partial charge in [0.15, 0.2) is 4.90 Å². The highest BCUT2D eigenvalue weighted by atomic mass is 32.2. The molecule has 0 atom stereocenters. The number of benzene rings is 2. The van der Waals surface area contributed by atoms with Gasteiger partial charge in [0.25, 0.3) is 0 Å². The minimum Gasteiger partial charge on any atom is -0.353 e. The second-order valence-corrected chi connectivity index (χ2v) is 8.18. The lowest BCUT2D eigenvalue weighted by molar-refractivity contribution is 0.378. The summed E-state index contributed by atoms with van der Waals surface area (Å²) in [6.45, 7) is 0.490. The number of sulfonamides is 1. The van der Waals surface area contributed by atoms with Crippen molar-refractivity contribution in [2.75, 3.05) is 31.1 Å². The standard InChI is InChI=1S/C18H15F3N4O2S/c19-12-4-5-16-13(10-12)18(23-11-22-16)24-6-8-25(9-7-24)28(26,27)17-14(20)2-1-3-15(17)21/h1-5,10-11H,6-9H2. The average Bonchev–Trinajstić information content (AvgIpc) is 2.67. The van der Waals surface area contributed by atoms with Crippen LogP contribution in [0.4, 0.5) is 19.0 Å². The maximum atomic E-state index is 13.9. The fraction of sp³-hybridized carbons (Fsp3) is 0.222. The molecule has 1 aromatic heterocycles. The van der Waals surface area contributed by atoms with E-state index in [1.54, 1.807) is 4.90 Å². The summed E-state index contributed by atoms with van der Waals surface area (Å²) in [6.07, 6.45) is 1.35. The summed E-state index contributed by atoms with van der Waals surface area (Å²) in [6, 6.07) is 7.09. The van der Waals surface area contributed by atoms with Gasteiger partial charge < -0.3 is 4.90 Å². The van der Waals surface area contributed by atoms with E-state index in [9.17, 15) is 21.6 Å². The summed E-state index contributed by atoms with van der Waals surface area (Å²) in [4.78, 5) is 9.15. The van der Waals surface area contributed by atoms with Crippen molar-refractivity contribution >= 4 is 26.7 Å². The summed E-state index contributed by atoms with van der Waals surface area (Å²) in [5.41, 5.74) is 0.565. The first-order valence-electron chi connectivity index (χ1n) is 8.47. The molecule has 1 aliphatic heterocycles. The highest BCUT2D eigenvalue weighted by Crippen LogP contribution is 2.27. The SMILES string of the molecule is O=S(=O)(c1c(F)cccc1F)N1CCN(c2ncnc3ccc(F)cc23)CC1. The first kappa shape index (κ1) is 18.6. The van der Waals surface area contributed by atoms with Gasteiger partial charge in [0.05, 0.1) is 5.52 Å². The van der Waals surface area contributed by atoms with Gasteiger partial charge in [-0.05, 0) is 30.3 Å². The Morgan fingerprint density at radius 3 is 2.25 bits per heavy atom. The molecule has 0 bridgehead atoms. The van der Waals surface area contributed by atoms with Gasteiger partial charge in [0, 0.05) is 31.6 Å². The third-order valence-corrected chi connectivity index (χ3v) is 6.58. The summed E-state index contributed by atoms with van der Waals surface area (Å²) < 4.78 is 67.9. The number of fused-ring (bicyclic) bond motifs is 1. The molecule has 4 rings (SSSR count). The van der Waals surface area contributed by atoms with Gasteiger partial charge in [0.1, 0.15) is 29.6 Å². The Labute approximate surface area is 159 Å². The van der Waals surface area contributed by atoms with E-state index in [1.807, 2.05) is 0 Å². The Morgan fingerprint density at radius 2 is 1.57 bits per heavy atom. The number of hydrogen-bond donors (Lipinski definition) is 0. The smallest absolute Gasteiger partial charge is 0.249 e. The Morgan fingerprint density at radius 1 is 0.893 bits per heavy atom. The molecule has 1 saturated heterocycles. The molecule has 2 aromatic carbocycles. The second kappa shape index (κ2) is 7.02. The summed E-state index contributed by atoms with van der Waals surface area (Å²) in [7, 11) is -4.31. The zero-order chi connectivity index (χ0) is 19.9. The molecular formula is C18H15F3N4O2S. The molecule has 2 heterocycles. The van der Waals surface area contributed by atoms with Crippen LogP contribution in [0.25, 0.3) is 10.9 Å². The van der Waals surface area contributed by atoms with Gasteiger partial charge in [0.2, 0.25) is 10.0 Å². The van der Waals surface area contributed by atoms with Crippen molar-refractivity contribution in [3.63, 3.8) is 0 Å². The molecule has 0 amide bonds. The van der Waals surface area contributed by atoms with Crippen LogP contribution in [-0.4, -0.2) is 48.9 Å². The molecule has 1 fully saturated rings. The van der Waals surface area contributed by atoms with E-state index in [4.69, 9.17) is 0 Å². The van der Waals surface area contributed by atoms with Crippen molar-refractivity contribution in [2.24, 2.45) is 0 Å². The van der Waals surface area contributed by atoms with Gasteiger partial charge in [-0.25, -0.2) is 31.6 Å². The monoisotopic (exact) mass is 408 g/mol. The van der Waals surface area contributed by atoms with Crippen molar-refractivity contribution < 1.29 is 21.6 Å². The first-order valence-corrected chi connectivity index (χ1v) is 9.91. The van der Waals surface area contributed by atoms with Crippen LogP contribution in [0, 0.1) is 17.5 Å². The minimum absolute atomic E-state index is 0.0108. The van der Waals surface area contributed by atoms with E-state index in [-0.39, 0.29) is 26.2 Å². The molecule has 0 radical (unpaired) electrons. The number of nitrogens with zero attached hydrogens (tertiary/aromatic N) is 4. The predicted molar refractivity (Wildman–Crippen MR) is 96.8 cm³/mol. The van der Waals surface area contributed by atoms with E-state index in [0.29, 0.717) is 16.7 Å². The highest BCUT2D eigenvalue weighted by Gasteiger charge is 2.33. The van der Waals surface area contributed by atoms with Gasteiger partial charge in [-0.3, -0.25) is 0 Å². The van der Waals surface area contributed by atoms with Gasteiger partial charge in [-0.2, -0.15) is 4.31 Å². The van der Waals surface area contributed by atoms with Gasteiger partial charge in [-0.1, -0.05) is 6.07 Å². The van der Waals surface area contributed by atoms with E-state index in [1.165, 1.54) is 24.5 Å². The molecule has 0 N–H and O–H groups in total. The number of halogens is 3. The largest absolute Gasteiger partial charge is 0.353 e. The zero-order valence-corrected chi connectivity index (χ0v) is 15.3. The van der Waals surface area contributed by atoms with Gasteiger partial charge in [-0.15, -0.1) is 0 Å². The third-order valence-electron chi connectivity index (χ3n) is 4.63. The van der Waals surface area contributed by atoms with Crippen LogP contribution < -0.4 is 4.90 Å². The Hall–Kier alpha value is -2.72. The van der Waals surface area contributed by atoms with Crippen LogP contribution in [0.2, 0.25) is 0 Å². The maximum Gasteiger partial charge on any atom is 0.249 e. The zero-order valence-electron chi connectivity index (χ0n) is 14.5. The molecule has 3 aromatic rings. The normalized spacial score (nSPS) is 15.9. The lowest BCUT2D eigenvalue weighted by Crippen LogP contribution is -2.49. The molecule has 0 saturated carbocycles. The first-order chi connectivity index (χ1) is 13.4. The molecule has 0 spiro atoms. The number of piperazine rings is 1. The number of rotatable bonds is 3. The van der Waals surface area contributed by atoms with E-state index < -0.39 is 32.4 Å². The molecule has 0 aliphatic carbocycles. The fourth-order valence-corrected chi connectivity index (χ4v) is 4.80. The van der Waals surface area contributed by atoms with Crippen LogP contribution in [0.3, 0.4) is 0 Å². The van der Waals surface area contributed by atoms with Crippen molar-refractivity contribution in [3.8, 4) is 0 Å². The number of hydrogen-bond acceptors (Lipinski definition) is 5. The molecule has 10 heteroatoms. The lowest BCUT2D eigenvalue weighted by atomic mass is 10.2.